The van der Waals surface area contributed by atoms with Crippen LogP contribution in [0.5, 0.6) is 0 Å². The van der Waals surface area contributed by atoms with Gasteiger partial charge in [0.1, 0.15) is 0 Å². The van der Waals surface area contributed by atoms with Gasteiger partial charge in [0.05, 0.1) is 6.10 Å². The second kappa shape index (κ2) is 5.73. The maximum Gasteiger partial charge on any atom is 0.0948 e. The molecule has 2 fully saturated rings. The summed E-state index contributed by atoms with van der Waals surface area (Å²) in [7, 11) is 0. The molecule has 1 saturated carbocycles. The van der Waals surface area contributed by atoms with Gasteiger partial charge in [-0.2, -0.15) is 0 Å². The summed E-state index contributed by atoms with van der Waals surface area (Å²) in [6.45, 7) is 1.20. The van der Waals surface area contributed by atoms with Crippen LogP contribution in [-0.2, 0) is 6.42 Å². The highest BCUT2D eigenvalue weighted by atomic mass is 16.3. The quantitative estimate of drug-likeness (QED) is 0.896. The van der Waals surface area contributed by atoms with E-state index in [-0.39, 0.29) is 6.10 Å². The summed E-state index contributed by atoms with van der Waals surface area (Å²) in [5.41, 5.74) is 2.55. The number of aliphatic hydroxyl groups excluding tert-OH is 1. The van der Waals surface area contributed by atoms with Crippen LogP contribution in [0.3, 0.4) is 0 Å². The van der Waals surface area contributed by atoms with Crippen molar-refractivity contribution in [3.05, 3.63) is 35.4 Å². The molecule has 1 aliphatic heterocycles. The Morgan fingerprint density at radius 3 is 2.57 bits per heavy atom. The molecule has 4 rings (SSSR count). The van der Waals surface area contributed by atoms with Crippen molar-refractivity contribution in [2.24, 2.45) is 5.92 Å². The van der Waals surface area contributed by atoms with Crippen molar-refractivity contribution in [2.45, 2.75) is 69.6 Å². The number of likely N-dealkylation sites (tertiary alicyclic amines) is 1. The third kappa shape index (κ3) is 2.43. The second-order valence-corrected chi connectivity index (χ2v) is 7.24. The average Bonchev–Trinajstić information content (AvgIpc) is 3.18. The Bertz CT molecular complexity index is 494. The van der Waals surface area contributed by atoms with Crippen molar-refractivity contribution in [2.75, 3.05) is 6.54 Å². The lowest BCUT2D eigenvalue weighted by atomic mass is 9.84. The molecule has 2 nitrogen and oxygen atoms in total. The lowest BCUT2D eigenvalue weighted by molar-refractivity contribution is 0.0162. The molecule has 0 radical (unpaired) electrons. The van der Waals surface area contributed by atoms with E-state index in [4.69, 9.17) is 0 Å². The SMILES string of the molecule is OC1c2ccccc2CCC1N1CCCC1C1CCCC1. The van der Waals surface area contributed by atoms with E-state index in [1.807, 2.05) is 0 Å². The van der Waals surface area contributed by atoms with E-state index >= 15 is 0 Å². The van der Waals surface area contributed by atoms with Crippen LogP contribution < -0.4 is 0 Å². The number of rotatable bonds is 2. The maximum absolute atomic E-state index is 10.9. The fourth-order valence-electron chi connectivity index (χ4n) is 5.14. The largest absolute Gasteiger partial charge is 0.387 e. The molecule has 1 saturated heterocycles. The molecule has 114 valence electrons. The van der Waals surface area contributed by atoms with Gasteiger partial charge in [0.2, 0.25) is 0 Å². The van der Waals surface area contributed by atoms with Crippen LogP contribution in [0.2, 0.25) is 0 Å². The van der Waals surface area contributed by atoms with E-state index < -0.39 is 0 Å². The molecule has 0 bridgehead atoms. The van der Waals surface area contributed by atoms with Crippen molar-refractivity contribution >= 4 is 0 Å². The lowest BCUT2D eigenvalue weighted by Crippen LogP contribution is -2.47. The Morgan fingerprint density at radius 2 is 1.71 bits per heavy atom. The van der Waals surface area contributed by atoms with E-state index in [0.717, 1.165) is 24.8 Å². The van der Waals surface area contributed by atoms with E-state index in [9.17, 15) is 5.11 Å². The Kier molecular flexibility index (Phi) is 3.76. The summed E-state index contributed by atoms with van der Waals surface area (Å²) in [6.07, 6.45) is 10.3. The third-order valence-electron chi connectivity index (χ3n) is 6.16. The number of fused-ring (bicyclic) bond motifs is 1. The van der Waals surface area contributed by atoms with Crippen molar-refractivity contribution in [3.63, 3.8) is 0 Å². The standard InChI is InChI=1S/C19H27NO/c21-19-16-9-4-3-6-14(16)11-12-18(19)20-13-5-10-17(20)15-7-1-2-8-15/h3-4,6,9,15,17-19,21H,1-2,5,7-8,10-13H2. The normalized spacial score (nSPS) is 34.2. The molecular formula is C19H27NO. The Labute approximate surface area is 128 Å². The van der Waals surface area contributed by atoms with Gasteiger partial charge in [0, 0.05) is 12.1 Å². The number of nitrogens with zero attached hydrogens (tertiary/aromatic N) is 1. The molecule has 3 aliphatic rings. The van der Waals surface area contributed by atoms with E-state index in [0.29, 0.717) is 6.04 Å². The second-order valence-electron chi connectivity index (χ2n) is 7.24. The molecule has 0 aromatic heterocycles. The highest BCUT2D eigenvalue weighted by Gasteiger charge is 2.41. The topological polar surface area (TPSA) is 23.5 Å². The summed E-state index contributed by atoms with van der Waals surface area (Å²) in [6, 6.07) is 9.59. The fraction of sp³-hybridized carbons (Fsp3) is 0.684. The van der Waals surface area contributed by atoms with Gasteiger partial charge in [-0.25, -0.2) is 0 Å². The molecule has 1 aromatic rings. The number of hydrogen-bond donors (Lipinski definition) is 1. The Hall–Kier alpha value is -0.860. The first kappa shape index (κ1) is 13.8. The van der Waals surface area contributed by atoms with Gasteiger partial charge in [-0.3, -0.25) is 4.90 Å². The van der Waals surface area contributed by atoms with Gasteiger partial charge >= 0.3 is 0 Å². The smallest absolute Gasteiger partial charge is 0.0948 e. The number of hydrogen-bond acceptors (Lipinski definition) is 2. The minimum atomic E-state index is -0.281. The summed E-state index contributed by atoms with van der Waals surface area (Å²) in [5, 5.41) is 10.9. The average molecular weight is 285 g/mol. The monoisotopic (exact) mass is 285 g/mol. The molecule has 0 amide bonds. The number of aryl methyl sites for hydroxylation is 1. The summed E-state index contributed by atoms with van der Waals surface area (Å²) < 4.78 is 0. The molecule has 2 heteroatoms. The van der Waals surface area contributed by atoms with Crippen LogP contribution >= 0.6 is 0 Å². The number of benzene rings is 1. The van der Waals surface area contributed by atoms with E-state index in [1.165, 1.54) is 56.2 Å². The first-order chi connectivity index (χ1) is 10.3. The third-order valence-corrected chi connectivity index (χ3v) is 6.16. The molecule has 1 heterocycles. The summed E-state index contributed by atoms with van der Waals surface area (Å²) >= 11 is 0. The first-order valence-corrected chi connectivity index (χ1v) is 8.86. The van der Waals surface area contributed by atoms with Gasteiger partial charge in [-0.15, -0.1) is 0 Å². The van der Waals surface area contributed by atoms with Crippen molar-refractivity contribution in [1.82, 2.24) is 4.90 Å². The minimum absolute atomic E-state index is 0.281. The van der Waals surface area contributed by atoms with Gasteiger partial charge in [-0.05, 0) is 62.1 Å². The van der Waals surface area contributed by atoms with Gasteiger partial charge in [-0.1, -0.05) is 37.1 Å². The van der Waals surface area contributed by atoms with Crippen LogP contribution in [0.15, 0.2) is 24.3 Å². The number of aliphatic hydroxyl groups is 1. The zero-order valence-electron chi connectivity index (χ0n) is 12.9. The van der Waals surface area contributed by atoms with Crippen LogP contribution in [-0.4, -0.2) is 28.6 Å². The summed E-state index contributed by atoms with van der Waals surface area (Å²) in [5.74, 6) is 0.900. The first-order valence-electron chi connectivity index (χ1n) is 8.86. The molecule has 21 heavy (non-hydrogen) atoms. The fourth-order valence-corrected chi connectivity index (χ4v) is 5.14. The molecule has 3 unspecified atom stereocenters. The molecule has 1 N–H and O–H groups in total. The molecule has 1 aromatic carbocycles. The van der Waals surface area contributed by atoms with Crippen LogP contribution in [0.1, 0.15) is 62.2 Å². The predicted molar refractivity (Wildman–Crippen MR) is 85.2 cm³/mol. The van der Waals surface area contributed by atoms with Crippen LogP contribution in [0.25, 0.3) is 0 Å². The van der Waals surface area contributed by atoms with Crippen LogP contribution in [0.4, 0.5) is 0 Å². The highest BCUT2D eigenvalue weighted by molar-refractivity contribution is 5.32. The van der Waals surface area contributed by atoms with Gasteiger partial charge in [0.15, 0.2) is 0 Å². The van der Waals surface area contributed by atoms with Crippen LogP contribution in [0, 0.1) is 5.92 Å². The lowest BCUT2D eigenvalue weighted by Gasteiger charge is -2.41. The molecule has 2 aliphatic carbocycles. The van der Waals surface area contributed by atoms with Crippen molar-refractivity contribution in [1.29, 1.82) is 0 Å². The van der Waals surface area contributed by atoms with Crippen molar-refractivity contribution in [3.8, 4) is 0 Å². The molecule has 0 spiro atoms. The highest BCUT2D eigenvalue weighted by Crippen LogP contribution is 2.41. The zero-order chi connectivity index (χ0) is 14.2. The van der Waals surface area contributed by atoms with E-state index in [1.54, 1.807) is 0 Å². The van der Waals surface area contributed by atoms with E-state index in [2.05, 4.69) is 29.2 Å². The van der Waals surface area contributed by atoms with Gasteiger partial charge < -0.3 is 5.11 Å². The molecule has 3 atom stereocenters. The zero-order valence-corrected chi connectivity index (χ0v) is 12.9. The minimum Gasteiger partial charge on any atom is -0.387 e. The predicted octanol–water partition coefficient (Wildman–Crippen LogP) is 3.69. The Morgan fingerprint density at radius 1 is 0.905 bits per heavy atom. The summed E-state index contributed by atoms with van der Waals surface area (Å²) in [4.78, 5) is 2.69. The Balaban J connectivity index is 1.56. The van der Waals surface area contributed by atoms with Gasteiger partial charge in [0.25, 0.3) is 0 Å². The maximum atomic E-state index is 10.9. The van der Waals surface area contributed by atoms with Crippen molar-refractivity contribution < 1.29 is 5.11 Å². The molecular weight excluding hydrogens is 258 g/mol.